The van der Waals surface area contributed by atoms with Gasteiger partial charge in [0.25, 0.3) is 17.4 Å². The van der Waals surface area contributed by atoms with Crippen LogP contribution in [0.4, 0.5) is 11.4 Å². The van der Waals surface area contributed by atoms with Gasteiger partial charge < -0.3 is 15.0 Å². The van der Waals surface area contributed by atoms with Crippen LogP contribution in [-0.4, -0.2) is 24.0 Å². The Morgan fingerprint density at radius 2 is 1.88 bits per heavy atom. The third-order valence-corrected chi connectivity index (χ3v) is 5.14. The van der Waals surface area contributed by atoms with Gasteiger partial charge in [0.05, 0.1) is 5.69 Å². The first-order valence-electron chi connectivity index (χ1n) is 8.91. The molecule has 0 fully saturated rings. The molecule has 4 rings (SSSR count). The van der Waals surface area contributed by atoms with Crippen LogP contribution >= 0.6 is 0 Å². The second kappa shape index (κ2) is 5.87. The first-order valence-corrected chi connectivity index (χ1v) is 8.91. The van der Waals surface area contributed by atoms with Crippen LogP contribution in [0.25, 0.3) is 0 Å². The van der Waals surface area contributed by atoms with Crippen LogP contribution in [0.2, 0.25) is 0 Å². The summed E-state index contributed by atoms with van der Waals surface area (Å²) in [5.74, 6) is -0.238. The summed E-state index contributed by atoms with van der Waals surface area (Å²) in [6, 6.07) is 11.6. The first-order chi connectivity index (χ1) is 12.4. The number of carbonyl (C=O) groups excluding carboxylic acids is 2. The smallest absolute Gasteiger partial charge is 0.280 e. The molecule has 134 valence electrons. The number of benzene rings is 2. The number of anilines is 2. The van der Waals surface area contributed by atoms with Crippen molar-refractivity contribution in [3.63, 3.8) is 0 Å². The first kappa shape index (κ1) is 16.6. The van der Waals surface area contributed by atoms with E-state index in [0.717, 1.165) is 29.7 Å². The lowest BCUT2D eigenvalue weighted by molar-refractivity contribution is -0.144. The molecule has 0 aromatic heterocycles. The van der Waals surface area contributed by atoms with Crippen molar-refractivity contribution in [2.45, 2.75) is 39.2 Å². The maximum atomic E-state index is 13.3. The SMILES string of the molecule is Cc1ccc2c(c1)CCCN2C(=O)C1(C)Oc2ccc(C)cc2NC1=O. The molecule has 0 spiro atoms. The molecular formula is C21H22N2O3. The summed E-state index contributed by atoms with van der Waals surface area (Å²) < 4.78 is 5.94. The van der Waals surface area contributed by atoms with E-state index in [0.29, 0.717) is 18.0 Å². The third-order valence-electron chi connectivity index (χ3n) is 5.14. The largest absolute Gasteiger partial charge is 0.465 e. The highest BCUT2D eigenvalue weighted by molar-refractivity contribution is 6.20. The van der Waals surface area contributed by atoms with Crippen molar-refractivity contribution < 1.29 is 14.3 Å². The zero-order valence-electron chi connectivity index (χ0n) is 15.3. The van der Waals surface area contributed by atoms with Crippen molar-refractivity contribution in [3.05, 3.63) is 53.1 Å². The number of rotatable bonds is 1. The van der Waals surface area contributed by atoms with Crippen LogP contribution < -0.4 is 15.0 Å². The topological polar surface area (TPSA) is 58.6 Å². The minimum atomic E-state index is -1.58. The molecule has 0 bridgehead atoms. The van der Waals surface area contributed by atoms with Crippen LogP contribution in [0.3, 0.4) is 0 Å². The Labute approximate surface area is 153 Å². The van der Waals surface area contributed by atoms with E-state index in [-0.39, 0.29) is 5.91 Å². The van der Waals surface area contributed by atoms with Crippen LogP contribution in [0.5, 0.6) is 5.75 Å². The summed E-state index contributed by atoms with van der Waals surface area (Å²) in [6.45, 7) is 6.12. The molecule has 1 atom stereocenters. The average molecular weight is 350 g/mol. The molecule has 5 heteroatoms. The van der Waals surface area contributed by atoms with Gasteiger partial charge in [-0.05, 0) is 62.9 Å². The maximum Gasteiger partial charge on any atom is 0.280 e. The second-order valence-electron chi connectivity index (χ2n) is 7.28. The Morgan fingerprint density at radius 1 is 1.15 bits per heavy atom. The highest BCUT2D eigenvalue weighted by Gasteiger charge is 2.50. The summed E-state index contributed by atoms with van der Waals surface area (Å²) in [6.07, 6.45) is 1.81. The van der Waals surface area contributed by atoms with Crippen molar-refractivity contribution in [2.75, 3.05) is 16.8 Å². The number of amides is 2. The van der Waals surface area contributed by atoms with Gasteiger partial charge in [0.1, 0.15) is 5.75 Å². The van der Waals surface area contributed by atoms with Crippen molar-refractivity contribution >= 4 is 23.2 Å². The molecule has 0 saturated heterocycles. The van der Waals surface area contributed by atoms with Crippen LogP contribution in [-0.2, 0) is 16.0 Å². The fraction of sp³-hybridized carbons (Fsp3) is 0.333. The van der Waals surface area contributed by atoms with E-state index in [1.165, 1.54) is 5.56 Å². The van der Waals surface area contributed by atoms with E-state index in [4.69, 9.17) is 4.74 Å². The van der Waals surface area contributed by atoms with Crippen LogP contribution in [0.15, 0.2) is 36.4 Å². The Hall–Kier alpha value is -2.82. The predicted molar refractivity (Wildman–Crippen MR) is 101 cm³/mol. The van der Waals surface area contributed by atoms with Gasteiger partial charge >= 0.3 is 0 Å². The number of hydrogen-bond donors (Lipinski definition) is 1. The van der Waals surface area contributed by atoms with Gasteiger partial charge in [0, 0.05) is 12.2 Å². The molecule has 2 aromatic rings. The van der Waals surface area contributed by atoms with Gasteiger partial charge in [-0.2, -0.15) is 0 Å². The lowest BCUT2D eigenvalue weighted by atomic mass is 9.95. The number of nitrogens with one attached hydrogen (secondary N) is 1. The Kier molecular flexibility index (Phi) is 3.75. The number of ether oxygens (including phenoxy) is 1. The van der Waals surface area contributed by atoms with Crippen molar-refractivity contribution in [3.8, 4) is 5.75 Å². The molecule has 2 aromatic carbocycles. The van der Waals surface area contributed by atoms with Gasteiger partial charge in [-0.3, -0.25) is 9.59 Å². The molecule has 2 heterocycles. The van der Waals surface area contributed by atoms with Gasteiger partial charge in [-0.25, -0.2) is 0 Å². The van der Waals surface area contributed by atoms with Gasteiger partial charge in [-0.15, -0.1) is 0 Å². The molecule has 1 unspecified atom stereocenters. The molecule has 0 saturated carbocycles. The molecule has 2 amide bonds. The summed E-state index contributed by atoms with van der Waals surface area (Å²) in [5, 5.41) is 2.83. The minimum Gasteiger partial charge on any atom is -0.465 e. The third kappa shape index (κ3) is 2.55. The molecule has 1 N–H and O–H groups in total. The molecular weight excluding hydrogens is 328 g/mol. The molecule has 0 radical (unpaired) electrons. The van der Waals surface area contributed by atoms with E-state index in [9.17, 15) is 9.59 Å². The molecule has 26 heavy (non-hydrogen) atoms. The van der Waals surface area contributed by atoms with Gasteiger partial charge in [0.15, 0.2) is 0 Å². The number of carbonyl (C=O) groups is 2. The molecule has 5 nitrogen and oxygen atoms in total. The molecule has 2 aliphatic rings. The summed E-state index contributed by atoms with van der Waals surface area (Å²) in [7, 11) is 0. The van der Waals surface area contributed by atoms with Crippen LogP contribution in [0.1, 0.15) is 30.0 Å². The zero-order chi connectivity index (χ0) is 18.5. The minimum absolute atomic E-state index is 0.328. The van der Waals surface area contributed by atoms with Crippen LogP contribution in [0, 0.1) is 13.8 Å². The zero-order valence-corrected chi connectivity index (χ0v) is 15.3. The standard InChI is InChI=1S/C21H22N2O3/c1-13-6-8-17-15(11-13)5-4-10-23(17)20(25)21(3)19(24)22-16-12-14(2)7-9-18(16)26-21/h6-9,11-12H,4-5,10H2,1-3H3,(H,22,24). The number of fused-ring (bicyclic) bond motifs is 2. The van der Waals surface area contributed by atoms with Crippen molar-refractivity contribution in [1.29, 1.82) is 0 Å². The monoisotopic (exact) mass is 350 g/mol. The number of hydrogen-bond acceptors (Lipinski definition) is 3. The Morgan fingerprint density at radius 3 is 2.69 bits per heavy atom. The number of aryl methyl sites for hydroxylation is 3. The van der Waals surface area contributed by atoms with Crippen molar-refractivity contribution in [2.24, 2.45) is 0 Å². The Bertz CT molecular complexity index is 921. The van der Waals surface area contributed by atoms with E-state index in [1.807, 2.05) is 38.1 Å². The van der Waals surface area contributed by atoms with E-state index < -0.39 is 11.5 Å². The lowest BCUT2D eigenvalue weighted by Gasteiger charge is -2.39. The molecule has 2 aliphatic heterocycles. The highest BCUT2D eigenvalue weighted by atomic mass is 16.5. The summed E-state index contributed by atoms with van der Waals surface area (Å²) in [4.78, 5) is 27.8. The van der Waals surface area contributed by atoms with Gasteiger partial charge in [-0.1, -0.05) is 23.8 Å². The predicted octanol–water partition coefficient (Wildman–Crippen LogP) is 3.37. The van der Waals surface area contributed by atoms with E-state index in [2.05, 4.69) is 11.4 Å². The van der Waals surface area contributed by atoms with E-state index >= 15 is 0 Å². The summed E-state index contributed by atoms with van der Waals surface area (Å²) >= 11 is 0. The van der Waals surface area contributed by atoms with Crippen molar-refractivity contribution in [1.82, 2.24) is 0 Å². The summed E-state index contributed by atoms with van der Waals surface area (Å²) in [5.41, 5.74) is 3.22. The molecule has 0 aliphatic carbocycles. The van der Waals surface area contributed by atoms with Gasteiger partial charge in [0.2, 0.25) is 0 Å². The van der Waals surface area contributed by atoms with E-state index in [1.54, 1.807) is 17.9 Å². The quantitative estimate of drug-likeness (QED) is 0.802. The fourth-order valence-electron chi connectivity index (χ4n) is 3.67. The Balaban J connectivity index is 1.70. The average Bonchev–Trinajstić information content (AvgIpc) is 2.61. The second-order valence-corrected chi connectivity index (χ2v) is 7.28. The maximum absolute atomic E-state index is 13.3. The normalized spacial score (nSPS) is 21.3. The fourth-order valence-corrected chi connectivity index (χ4v) is 3.67. The number of nitrogens with zero attached hydrogens (tertiary/aromatic N) is 1. The highest BCUT2D eigenvalue weighted by Crippen LogP contribution is 2.37. The lowest BCUT2D eigenvalue weighted by Crippen LogP contribution is -2.60.